The number of hydrogen-bond acceptors (Lipinski definition) is 7. The number of nitrogens with one attached hydrogen (secondary N) is 1. The molecule has 5 aromatic rings. The maximum atomic E-state index is 14.4. The van der Waals surface area contributed by atoms with E-state index in [9.17, 15) is 14.3 Å². The number of hydrogen-bond donors (Lipinski definition) is 3. The molecule has 0 aliphatic carbocycles. The van der Waals surface area contributed by atoms with Crippen LogP contribution in [0.15, 0.2) is 79.1 Å². The number of amides is 1. The van der Waals surface area contributed by atoms with Crippen molar-refractivity contribution in [1.29, 1.82) is 0 Å². The highest BCUT2D eigenvalue weighted by Crippen LogP contribution is 2.35. The molecule has 0 aliphatic heterocycles. The van der Waals surface area contributed by atoms with E-state index in [2.05, 4.69) is 15.3 Å². The lowest BCUT2D eigenvalue weighted by molar-refractivity contribution is 0.211. The summed E-state index contributed by atoms with van der Waals surface area (Å²) in [7, 11) is 1.61. The zero-order chi connectivity index (χ0) is 25.9. The average molecular weight is 500 g/mol. The number of aromatic hydroxyl groups is 1. The summed E-state index contributed by atoms with van der Waals surface area (Å²) in [5.74, 6) is 0.364. The Kier molecular flexibility index (Phi) is 6.29. The first-order valence-electron chi connectivity index (χ1n) is 11.2. The zero-order valence-electron chi connectivity index (χ0n) is 19.7. The number of rotatable bonds is 7. The Morgan fingerprint density at radius 1 is 1.03 bits per heavy atom. The van der Waals surface area contributed by atoms with Crippen molar-refractivity contribution < 1.29 is 23.8 Å². The van der Waals surface area contributed by atoms with Crippen LogP contribution in [0, 0.1) is 5.82 Å². The second-order valence-electron chi connectivity index (χ2n) is 8.10. The van der Waals surface area contributed by atoms with Gasteiger partial charge in [-0.3, -0.25) is 0 Å². The Morgan fingerprint density at radius 3 is 2.43 bits per heavy atom. The van der Waals surface area contributed by atoms with Crippen LogP contribution in [0.25, 0.3) is 28.0 Å². The summed E-state index contributed by atoms with van der Waals surface area (Å²) >= 11 is 0. The van der Waals surface area contributed by atoms with Crippen LogP contribution >= 0.6 is 0 Å². The van der Waals surface area contributed by atoms with Crippen molar-refractivity contribution in [3.05, 3.63) is 90.5 Å². The fraction of sp³-hybridized carbons (Fsp3) is 0.0741. The molecule has 0 atom stereocenters. The van der Waals surface area contributed by atoms with Crippen molar-refractivity contribution in [1.82, 2.24) is 14.5 Å². The first-order valence-corrected chi connectivity index (χ1v) is 11.2. The molecule has 0 unspecified atom stereocenters. The fourth-order valence-corrected chi connectivity index (χ4v) is 4.02. The predicted octanol–water partition coefficient (Wildman–Crippen LogP) is 5.01. The summed E-state index contributed by atoms with van der Waals surface area (Å²) in [6.45, 7) is 0.472. The number of methoxy groups -OCH3 is 1. The van der Waals surface area contributed by atoms with E-state index in [1.807, 2.05) is 30.3 Å². The van der Waals surface area contributed by atoms with E-state index >= 15 is 0 Å². The maximum Gasteiger partial charge on any atom is 0.409 e. The summed E-state index contributed by atoms with van der Waals surface area (Å²) in [6, 6.07) is 20.3. The molecule has 4 N–H and O–H groups in total. The summed E-state index contributed by atoms with van der Waals surface area (Å²) < 4.78 is 26.4. The van der Waals surface area contributed by atoms with Gasteiger partial charge < -0.3 is 30.2 Å². The molecule has 0 aliphatic rings. The molecule has 10 heteroatoms. The van der Waals surface area contributed by atoms with Crippen molar-refractivity contribution in [2.75, 3.05) is 12.4 Å². The highest BCUT2D eigenvalue weighted by Gasteiger charge is 2.19. The number of phenolic OH excluding ortho intramolecular Hbond substituents is 1. The number of carbonyl (C=O) groups excluding carboxylic acids is 1. The minimum absolute atomic E-state index is 0.288. The number of nitrogens with zero attached hydrogens (tertiary/aromatic N) is 3. The Bertz CT molecular complexity index is 1580. The van der Waals surface area contributed by atoms with E-state index in [1.165, 1.54) is 18.5 Å². The quantitative estimate of drug-likeness (QED) is 0.287. The minimum atomic E-state index is -0.913. The standard InChI is InChI=1S/C27H22FN5O4/c1-36-19-7-2-16(3-8-19)14-30-26-25-22(31-15-32-26)13-23(17-4-9-20(10-5-17)37-27(29)35)33(25)18-6-11-24(34)21(28)12-18/h2-13,15,34H,14H2,1H3,(H2,29,35)(H,30,31,32). The van der Waals surface area contributed by atoms with Crippen molar-refractivity contribution in [2.45, 2.75) is 6.54 Å². The molecule has 9 nitrogen and oxygen atoms in total. The minimum Gasteiger partial charge on any atom is -0.505 e. The maximum absolute atomic E-state index is 14.4. The molecule has 0 bridgehead atoms. The molecule has 2 heterocycles. The summed E-state index contributed by atoms with van der Waals surface area (Å²) in [5, 5.41) is 13.1. The number of benzene rings is 3. The molecule has 5 rings (SSSR count). The number of ether oxygens (including phenoxy) is 2. The van der Waals surface area contributed by atoms with E-state index in [0.29, 0.717) is 34.8 Å². The summed E-state index contributed by atoms with van der Waals surface area (Å²) in [4.78, 5) is 20.0. The Labute approximate surface area is 210 Å². The van der Waals surface area contributed by atoms with Crippen LogP contribution < -0.4 is 20.5 Å². The third kappa shape index (κ3) is 4.85. The van der Waals surface area contributed by atoms with Gasteiger partial charge in [0.1, 0.15) is 23.3 Å². The lowest BCUT2D eigenvalue weighted by Gasteiger charge is -2.14. The molecule has 0 radical (unpaired) electrons. The molecule has 0 fully saturated rings. The second kappa shape index (κ2) is 9.86. The van der Waals surface area contributed by atoms with E-state index < -0.39 is 17.7 Å². The molecular formula is C27H22FN5O4. The average Bonchev–Trinajstić information content (AvgIpc) is 3.30. The lowest BCUT2D eigenvalue weighted by atomic mass is 10.1. The summed E-state index contributed by atoms with van der Waals surface area (Å²) in [6.07, 6.45) is 0.540. The Morgan fingerprint density at radius 2 is 1.76 bits per heavy atom. The van der Waals surface area contributed by atoms with Gasteiger partial charge in [-0.05, 0) is 65.7 Å². The molecule has 0 spiro atoms. The first kappa shape index (κ1) is 23.6. The van der Waals surface area contributed by atoms with E-state index in [-0.39, 0.29) is 5.75 Å². The highest BCUT2D eigenvalue weighted by molar-refractivity contribution is 5.93. The topological polar surface area (TPSA) is 125 Å². The van der Waals surface area contributed by atoms with Crippen LogP contribution in [0.1, 0.15) is 5.56 Å². The number of aromatic nitrogens is 3. The number of halogens is 1. The van der Waals surface area contributed by atoms with E-state index in [0.717, 1.165) is 16.9 Å². The molecule has 3 aromatic carbocycles. The third-order valence-corrected chi connectivity index (χ3v) is 5.77. The van der Waals surface area contributed by atoms with E-state index in [4.69, 9.17) is 15.2 Å². The van der Waals surface area contributed by atoms with Gasteiger partial charge >= 0.3 is 6.09 Å². The van der Waals surface area contributed by atoms with Gasteiger partial charge in [0, 0.05) is 18.3 Å². The number of phenols is 1. The van der Waals surface area contributed by atoms with Gasteiger partial charge in [0.15, 0.2) is 17.4 Å². The number of fused-ring (bicyclic) bond motifs is 1. The van der Waals surface area contributed by atoms with Gasteiger partial charge in [-0.25, -0.2) is 19.2 Å². The molecule has 186 valence electrons. The highest BCUT2D eigenvalue weighted by atomic mass is 19.1. The van der Waals surface area contributed by atoms with Crippen LogP contribution in [0.2, 0.25) is 0 Å². The van der Waals surface area contributed by atoms with Crippen molar-refractivity contribution >= 4 is 22.9 Å². The molecule has 0 saturated carbocycles. The fourth-order valence-electron chi connectivity index (χ4n) is 4.02. The normalized spacial score (nSPS) is 10.9. The number of primary amides is 1. The van der Waals surface area contributed by atoms with Crippen molar-refractivity contribution in [3.8, 4) is 34.2 Å². The zero-order valence-corrected chi connectivity index (χ0v) is 19.7. The smallest absolute Gasteiger partial charge is 0.409 e. The Hall–Kier alpha value is -5.12. The SMILES string of the molecule is COc1ccc(CNc2ncnc3cc(-c4ccc(OC(N)=O)cc4)n(-c4ccc(O)c(F)c4)c23)cc1. The van der Waals surface area contributed by atoms with Crippen LogP contribution in [0.4, 0.5) is 15.0 Å². The van der Waals surface area contributed by atoms with Crippen LogP contribution in [0.5, 0.6) is 17.2 Å². The number of nitrogens with two attached hydrogens (primary N) is 1. The van der Waals surface area contributed by atoms with Crippen molar-refractivity contribution in [2.24, 2.45) is 5.73 Å². The second-order valence-corrected chi connectivity index (χ2v) is 8.10. The number of carbonyl (C=O) groups is 1. The number of anilines is 1. The van der Waals surface area contributed by atoms with Gasteiger partial charge in [-0.15, -0.1) is 0 Å². The van der Waals surface area contributed by atoms with Crippen LogP contribution in [-0.2, 0) is 6.54 Å². The molecular weight excluding hydrogens is 477 g/mol. The third-order valence-electron chi connectivity index (χ3n) is 5.77. The van der Waals surface area contributed by atoms with Gasteiger partial charge in [0.25, 0.3) is 0 Å². The summed E-state index contributed by atoms with van der Waals surface area (Å²) in [5.41, 5.74) is 9.22. The van der Waals surface area contributed by atoms with E-state index in [1.54, 1.807) is 42.0 Å². The largest absolute Gasteiger partial charge is 0.505 e. The molecule has 37 heavy (non-hydrogen) atoms. The monoisotopic (exact) mass is 499 g/mol. The predicted molar refractivity (Wildman–Crippen MR) is 136 cm³/mol. The first-order chi connectivity index (χ1) is 17.9. The van der Waals surface area contributed by atoms with Gasteiger partial charge in [-0.1, -0.05) is 12.1 Å². The lowest BCUT2D eigenvalue weighted by Crippen LogP contribution is -2.16. The van der Waals surface area contributed by atoms with Crippen molar-refractivity contribution in [3.63, 3.8) is 0 Å². The van der Waals surface area contributed by atoms with Crippen LogP contribution in [-0.4, -0.2) is 32.8 Å². The molecule has 1 amide bonds. The van der Waals surface area contributed by atoms with Crippen LogP contribution in [0.3, 0.4) is 0 Å². The van der Waals surface area contributed by atoms with Gasteiger partial charge in [0.05, 0.1) is 18.3 Å². The van der Waals surface area contributed by atoms with Gasteiger partial charge in [0.2, 0.25) is 0 Å². The Balaban J connectivity index is 1.62. The molecule has 0 saturated heterocycles. The van der Waals surface area contributed by atoms with Gasteiger partial charge in [-0.2, -0.15) is 0 Å². The molecule has 2 aromatic heterocycles.